The van der Waals surface area contributed by atoms with Gasteiger partial charge in [-0.2, -0.15) is 0 Å². The van der Waals surface area contributed by atoms with Crippen molar-refractivity contribution in [2.45, 2.75) is 6.54 Å². The Bertz CT molecular complexity index is 1070. The van der Waals surface area contributed by atoms with Crippen LogP contribution in [0, 0.1) is 0 Å². The highest BCUT2D eigenvalue weighted by Gasteiger charge is 2.30. The number of piperazine rings is 1. The summed E-state index contributed by atoms with van der Waals surface area (Å²) in [6, 6.07) is 8.88. The van der Waals surface area contributed by atoms with Gasteiger partial charge in [0, 0.05) is 43.3 Å². The summed E-state index contributed by atoms with van der Waals surface area (Å²) >= 11 is 6.10. The molecule has 0 radical (unpaired) electrons. The quantitative estimate of drug-likeness (QED) is 0.591. The molecule has 182 valence electrons. The van der Waals surface area contributed by atoms with E-state index in [1.807, 2.05) is 12.1 Å². The van der Waals surface area contributed by atoms with E-state index in [9.17, 15) is 9.59 Å². The molecule has 34 heavy (non-hydrogen) atoms. The largest absolute Gasteiger partial charge is 0.493 e. The van der Waals surface area contributed by atoms with Crippen molar-refractivity contribution in [1.82, 2.24) is 9.80 Å². The fraction of sp³-hybridized carbons (Fsp3) is 0.417. The molecular weight excluding hydrogens is 462 g/mol. The maximum Gasteiger partial charge on any atom is 0.265 e. The number of carbonyl (C=O) groups is 2. The molecule has 0 aromatic heterocycles. The summed E-state index contributed by atoms with van der Waals surface area (Å²) in [5, 5.41) is 0.480. The van der Waals surface area contributed by atoms with Gasteiger partial charge in [-0.15, -0.1) is 0 Å². The number of hydrogen-bond acceptors (Lipinski definition) is 7. The summed E-state index contributed by atoms with van der Waals surface area (Å²) in [7, 11) is 4.78. The molecular formula is C24H28ClN3O6. The third-order valence-electron chi connectivity index (χ3n) is 6.06. The molecule has 0 unspecified atom stereocenters. The van der Waals surface area contributed by atoms with Crippen molar-refractivity contribution in [2.24, 2.45) is 0 Å². The van der Waals surface area contributed by atoms with Crippen molar-refractivity contribution in [1.29, 1.82) is 0 Å². The van der Waals surface area contributed by atoms with Gasteiger partial charge in [0.15, 0.2) is 18.1 Å². The van der Waals surface area contributed by atoms with E-state index in [4.69, 9.17) is 30.5 Å². The highest BCUT2D eigenvalue weighted by Crippen LogP contribution is 2.40. The minimum Gasteiger partial charge on any atom is -0.493 e. The Kier molecular flexibility index (Phi) is 7.33. The lowest BCUT2D eigenvalue weighted by Gasteiger charge is -2.36. The maximum absolute atomic E-state index is 13.0. The molecule has 2 heterocycles. The van der Waals surface area contributed by atoms with Crippen LogP contribution in [0.2, 0.25) is 5.02 Å². The number of methoxy groups -OCH3 is 3. The second-order valence-electron chi connectivity index (χ2n) is 8.03. The molecule has 2 aromatic carbocycles. The van der Waals surface area contributed by atoms with E-state index in [0.717, 1.165) is 5.56 Å². The van der Waals surface area contributed by atoms with Gasteiger partial charge in [0.05, 0.1) is 27.0 Å². The smallest absolute Gasteiger partial charge is 0.265 e. The van der Waals surface area contributed by atoms with Crippen LogP contribution in [0.25, 0.3) is 0 Å². The van der Waals surface area contributed by atoms with Crippen molar-refractivity contribution < 1.29 is 28.5 Å². The molecule has 0 N–H and O–H groups in total. The molecule has 1 fully saturated rings. The van der Waals surface area contributed by atoms with Crippen LogP contribution in [-0.2, 0) is 16.1 Å². The molecule has 0 saturated carbocycles. The number of rotatable bonds is 7. The first-order valence-corrected chi connectivity index (χ1v) is 11.3. The van der Waals surface area contributed by atoms with Crippen LogP contribution in [-0.4, -0.2) is 82.3 Å². The number of fused-ring (bicyclic) bond motifs is 1. The summed E-state index contributed by atoms with van der Waals surface area (Å²) in [6.45, 7) is 3.04. The van der Waals surface area contributed by atoms with E-state index in [0.29, 0.717) is 66.4 Å². The molecule has 0 aliphatic carbocycles. The minimum absolute atomic E-state index is 0.0426. The van der Waals surface area contributed by atoms with Crippen LogP contribution < -0.4 is 23.8 Å². The van der Waals surface area contributed by atoms with E-state index < -0.39 is 0 Å². The molecule has 4 rings (SSSR count). The van der Waals surface area contributed by atoms with Gasteiger partial charge in [-0.05, 0) is 24.3 Å². The van der Waals surface area contributed by atoms with Crippen molar-refractivity contribution in [3.8, 4) is 23.0 Å². The Morgan fingerprint density at radius 1 is 1.00 bits per heavy atom. The average Bonchev–Trinajstić information content (AvgIpc) is 2.85. The Balaban J connectivity index is 1.38. The normalized spacial score (nSPS) is 16.1. The number of nitrogens with zero attached hydrogens (tertiary/aromatic N) is 3. The van der Waals surface area contributed by atoms with Crippen molar-refractivity contribution in [3.05, 3.63) is 40.9 Å². The van der Waals surface area contributed by atoms with Crippen LogP contribution in [0.1, 0.15) is 5.56 Å². The lowest BCUT2D eigenvalue weighted by Crippen LogP contribution is -2.52. The lowest BCUT2D eigenvalue weighted by atomic mass is 10.1. The Morgan fingerprint density at radius 3 is 2.41 bits per heavy atom. The van der Waals surface area contributed by atoms with Crippen molar-refractivity contribution >= 4 is 29.1 Å². The van der Waals surface area contributed by atoms with E-state index in [1.165, 1.54) is 4.90 Å². The first kappa shape index (κ1) is 24.0. The summed E-state index contributed by atoms with van der Waals surface area (Å²) in [6.07, 6.45) is 0. The van der Waals surface area contributed by atoms with Gasteiger partial charge < -0.3 is 23.8 Å². The predicted molar refractivity (Wildman–Crippen MR) is 127 cm³/mol. The molecule has 2 amide bonds. The first-order valence-electron chi connectivity index (χ1n) is 11.0. The van der Waals surface area contributed by atoms with E-state index in [2.05, 4.69) is 4.90 Å². The lowest BCUT2D eigenvalue weighted by molar-refractivity contribution is -0.133. The van der Waals surface area contributed by atoms with Crippen molar-refractivity contribution in [2.75, 3.05) is 65.6 Å². The molecule has 0 bridgehead atoms. The van der Waals surface area contributed by atoms with E-state index in [-0.39, 0.29) is 25.0 Å². The van der Waals surface area contributed by atoms with Gasteiger partial charge in [-0.25, -0.2) is 0 Å². The third kappa shape index (κ3) is 4.85. The van der Waals surface area contributed by atoms with Crippen LogP contribution in [0.5, 0.6) is 23.0 Å². The van der Waals surface area contributed by atoms with Gasteiger partial charge in [0.2, 0.25) is 11.7 Å². The molecule has 2 aliphatic rings. The Morgan fingerprint density at radius 2 is 1.74 bits per heavy atom. The number of ether oxygens (including phenoxy) is 4. The van der Waals surface area contributed by atoms with Crippen LogP contribution in [0.4, 0.5) is 5.69 Å². The summed E-state index contributed by atoms with van der Waals surface area (Å²) < 4.78 is 21.9. The van der Waals surface area contributed by atoms with Crippen LogP contribution in [0.15, 0.2) is 30.3 Å². The zero-order valence-electron chi connectivity index (χ0n) is 19.5. The molecule has 2 aromatic rings. The number of carbonyl (C=O) groups excluding carboxylic acids is 2. The number of anilines is 1. The first-order chi connectivity index (χ1) is 16.4. The van der Waals surface area contributed by atoms with Crippen LogP contribution in [0.3, 0.4) is 0 Å². The molecule has 10 heteroatoms. The number of hydrogen-bond donors (Lipinski definition) is 0. The number of amides is 2. The molecule has 9 nitrogen and oxygen atoms in total. The van der Waals surface area contributed by atoms with Gasteiger partial charge in [-0.3, -0.25) is 19.4 Å². The second kappa shape index (κ2) is 10.4. The Hall–Kier alpha value is -3.17. The third-order valence-corrected chi connectivity index (χ3v) is 6.30. The van der Waals surface area contributed by atoms with Gasteiger partial charge in [0.25, 0.3) is 5.91 Å². The Labute approximate surface area is 203 Å². The SMILES string of the molecule is COc1ccc(CN2CCN(C(=O)CN3C(=O)COc4ccc(Cl)cc43)CC2)c(OC)c1OC. The molecule has 2 aliphatic heterocycles. The number of halogens is 1. The molecule has 0 spiro atoms. The summed E-state index contributed by atoms with van der Waals surface area (Å²) in [5.41, 5.74) is 1.50. The van der Waals surface area contributed by atoms with Gasteiger partial charge >= 0.3 is 0 Å². The highest BCUT2D eigenvalue weighted by molar-refractivity contribution is 6.31. The van der Waals surface area contributed by atoms with E-state index in [1.54, 1.807) is 44.4 Å². The molecule has 1 saturated heterocycles. The standard InChI is InChI=1S/C24H28ClN3O6/c1-31-20-6-4-16(23(32-2)24(20)33-3)13-26-8-10-27(11-9-26)21(29)14-28-18-12-17(25)5-7-19(18)34-15-22(28)30/h4-7,12H,8-11,13-15H2,1-3H3. The van der Waals surface area contributed by atoms with Gasteiger partial charge in [0.1, 0.15) is 12.3 Å². The van der Waals surface area contributed by atoms with Crippen molar-refractivity contribution in [3.63, 3.8) is 0 Å². The van der Waals surface area contributed by atoms with E-state index >= 15 is 0 Å². The predicted octanol–water partition coefficient (Wildman–Crippen LogP) is 2.44. The minimum atomic E-state index is -0.262. The number of benzene rings is 2. The monoisotopic (exact) mass is 489 g/mol. The fourth-order valence-electron chi connectivity index (χ4n) is 4.27. The molecule has 0 atom stereocenters. The second-order valence-corrected chi connectivity index (χ2v) is 8.47. The summed E-state index contributed by atoms with van der Waals surface area (Å²) in [5.74, 6) is 1.99. The zero-order chi connectivity index (χ0) is 24.2. The fourth-order valence-corrected chi connectivity index (χ4v) is 4.43. The summed E-state index contributed by atoms with van der Waals surface area (Å²) in [4.78, 5) is 31.0. The maximum atomic E-state index is 13.0. The topological polar surface area (TPSA) is 80.8 Å². The average molecular weight is 490 g/mol. The van der Waals surface area contributed by atoms with Crippen LogP contribution >= 0.6 is 11.6 Å². The van der Waals surface area contributed by atoms with Gasteiger partial charge in [-0.1, -0.05) is 17.7 Å². The highest BCUT2D eigenvalue weighted by atomic mass is 35.5. The zero-order valence-corrected chi connectivity index (χ0v) is 20.3.